The number of aryl methyl sites for hydroxylation is 1. The number of aromatic nitrogens is 2. The van der Waals surface area contributed by atoms with E-state index in [9.17, 15) is 4.39 Å². The Morgan fingerprint density at radius 3 is 2.50 bits per heavy atom. The topological polar surface area (TPSA) is 82.6 Å². The Bertz CT molecular complexity index is 759. The maximum absolute atomic E-state index is 13.5. The van der Waals surface area contributed by atoms with Crippen molar-refractivity contribution in [3.8, 4) is 23.8 Å². The quantitative estimate of drug-likeness (QED) is 0.836. The molecule has 0 radical (unpaired) electrons. The van der Waals surface area contributed by atoms with Gasteiger partial charge in [-0.1, -0.05) is 0 Å². The van der Waals surface area contributed by atoms with Gasteiger partial charge in [-0.25, -0.2) is 4.39 Å². The first-order chi connectivity index (χ1) is 9.56. The molecule has 0 spiro atoms. The largest absolute Gasteiger partial charge is 0.436 e. The summed E-state index contributed by atoms with van der Waals surface area (Å²) in [5.41, 5.74) is 1.46. The van der Waals surface area contributed by atoms with Crippen LogP contribution in [-0.4, -0.2) is 10.2 Å². The fourth-order valence-corrected chi connectivity index (χ4v) is 1.55. The van der Waals surface area contributed by atoms with E-state index in [-0.39, 0.29) is 22.8 Å². The molecule has 0 atom stereocenters. The van der Waals surface area contributed by atoms with Crippen LogP contribution in [0.5, 0.6) is 11.6 Å². The van der Waals surface area contributed by atoms with E-state index in [1.165, 1.54) is 12.1 Å². The van der Waals surface area contributed by atoms with Crippen molar-refractivity contribution in [3.63, 3.8) is 0 Å². The van der Waals surface area contributed by atoms with E-state index in [0.29, 0.717) is 11.3 Å². The van der Waals surface area contributed by atoms with Crippen LogP contribution in [0.2, 0.25) is 0 Å². The molecule has 1 heterocycles. The monoisotopic (exact) mass is 268 g/mol. The molecule has 5 nitrogen and oxygen atoms in total. The van der Waals surface area contributed by atoms with Crippen molar-refractivity contribution in [2.24, 2.45) is 0 Å². The van der Waals surface area contributed by atoms with Gasteiger partial charge in [0.05, 0.1) is 11.3 Å². The average molecular weight is 268 g/mol. The first-order valence-electron chi connectivity index (χ1n) is 5.68. The lowest BCUT2D eigenvalue weighted by Crippen LogP contribution is -2.00. The zero-order valence-corrected chi connectivity index (χ0v) is 10.8. The van der Waals surface area contributed by atoms with Gasteiger partial charge in [-0.05, 0) is 31.5 Å². The van der Waals surface area contributed by atoms with Gasteiger partial charge in [0.2, 0.25) is 0 Å². The summed E-state index contributed by atoms with van der Waals surface area (Å²) in [6.45, 7) is 3.46. The summed E-state index contributed by atoms with van der Waals surface area (Å²) < 4.78 is 18.8. The van der Waals surface area contributed by atoms with Gasteiger partial charge in [0.15, 0.2) is 0 Å². The molecular weight excluding hydrogens is 259 g/mol. The molecule has 1 aromatic carbocycles. The molecule has 0 N–H and O–H groups in total. The fraction of sp³-hybridized carbons (Fsp3) is 0.143. The van der Waals surface area contributed by atoms with E-state index in [1.807, 2.05) is 6.07 Å². The summed E-state index contributed by atoms with van der Waals surface area (Å²) in [5.74, 6) is -0.532. The van der Waals surface area contributed by atoms with E-state index in [4.69, 9.17) is 15.3 Å². The van der Waals surface area contributed by atoms with Crippen LogP contribution in [-0.2, 0) is 0 Å². The highest BCUT2D eigenvalue weighted by Crippen LogP contribution is 2.26. The first-order valence-corrected chi connectivity index (χ1v) is 5.68. The minimum absolute atomic E-state index is 0.0136. The second-order valence-corrected chi connectivity index (χ2v) is 4.06. The van der Waals surface area contributed by atoms with Crippen molar-refractivity contribution in [1.82, 2.24) is 10.2 Å². The summed E-state index contributed by atoms with van der Waals surface area (Å²) >= 11 is 0. The predicted molar refractivity (Wildman–Crippen MR) is 67.4 cm³/mol. The molecule has 0 aliphatic rings. The predicted octanol–water partition coefficient (Wildman–Crippen LogP) is 2.77. The molecule has 0 fully saturated rings. The van der Waals surface area contributed by atoms with Crippen LogP contribution in [0.15, 0.2) is 18.2 Å². The lowest BCUT2D eigenvalue weighted by molar-refractivity contribution is 0.447. The highest BCUT2D eigenvalue weighted by Gasteiger charge is 2.13. The van der Waals surface area contributed by atoms with Gasteiger partial charge in [0, 0.05) is 6.07 Å². The Morgan fingerprint density at radius 2 is 1.90 bits per heavy atom. The number of nitriles is 2. The molecule has 0 unspecified atom stereocenters. The highest BCUT2D eigenvalue weighted by atomic mass is 19.1. The molecule has 2 aromatic rings. The van der Waals surface area contributed by atoms with E-state index in [1.54, 1.807) is 19.9 Å². The summed E-state index contributed by atoms with van der Waals surface area (Å²) in [4.78, 5) is 0. The molecule has 0 bridgehead atoms. The molecule has 20 heavy (non-hydrogen) atoms. The maximum Gasteiger partial charge on any atom is 0.257 e. The lowest BCUT2D eigenvalue weighted by Gasteiger charge is -2.08. The van der Waals surface area contributed by atoms with Crippen LogP contribution in [0.1, 0.15) is 22.4 Å². The van der Waals surface area contributed by atoms with E-state index in [2.05, 4.69) is 10.2 Å². The van der Waals surface area contributed by atoms with Gasteiger partial charge >= 0.3 is 0 Å². The third-order valence-electron chi connectivity index (χ3n) is 2.81. The first kappa shape index (κ1) is 13.4. The second kappa shape index (κ2) is 5.33. The second-order valence-electron chi connectivity index (χ2n) is 4.06. The van der Waals surface area contributed by atoms with Gasteiger partial charge in [-0.15, -0.1) is 5.10 Å². The normalized spacial score (nSPS) is 9.65. The zero-order chi connectivity index (χ0) is 14.7. The molecule has 0 amide bonds. The van der Waals surface area contributed by atoms with Gasteiger partial charge in [0.1, 0.15) is 29.3 Å². The van der Waals surface area contributed by atoms with Crippen molar-refractivity contribution >= 4 is 0 Å². The van der Waals surface area contributed by atoms with Crippen molar-refractivity contribution in [2.75, 3.05) is 0 Å². The SMILES string of the molecule is Cc1nnc(Oc2ccc(C#N)c(F)c2)c(C#N)c1C. The van der Waals surface area contributed by atoms with E-state index >= 15 is 0 Å². The molecular formula is C14H9FN4O. The summed E-state index contributed by atoms with van der Waals surface area (Å²) in [7, 11) is 0. The number of halogens is 1. The zero-order valence-electron chi connectivity index (χ0n) is 10.8. The van der Waals surface area contributed by atoms with Crippen LogP contribution in [0.25, 0.3) is 0 Å². The van der Waals surface area contributed by atoms with E-state index < -0.39 is 5.82 Å². The number of benzene rings is 1. The Balaban J connectivity index is 2.41. The molecule has 0 aliphatic heterocycles. The summed E-state index contributed by atoms with van der Waals surface area (Å²) in [5, 5.41) is 25.4. The van der Waals surface area contributed by atoms with Gasteiger partial charge in [-0.2, -0.15) is 15.6 Å². The number of hydrogen-bond donors (Lipinski definition) is 0. The minimum Gasteiger partial charge on any atom is -0.436 e. The number of rotatable bonds is 2. The number of hydrogen-bond acceptors (Lipinski definition) is 5. The average Bonchev–Trinajstić information content (AvgIpc) is 2.43. The lowest BCUT2D eigenvalue weighted by atomic mass is 10.1. The molecule has 1 aromatic heterocycles. The van der Waals surface area contributed by atoms with Crippen molar-refractivity contribution in [1.29, 1.82) is 10.5 Å². The van der Waals surface area contributed by atoms with Crippen LogP contribution in [0, 0.1) is 42.3 Å². The molecule has 0 saturated heterocycles. The molecule has 0 saturated carbocycles. The Kier molecular flexibility index (Phi) is 3.58. The molecule has 2 rings (SSSR count). The van der Waals surface area contributed by atoms with Crippen LogP contribution in [0.3, 0.4) is 0 Å². The third-order valence-corrected chi connectivity index (χ3v) is 2.81. The van der Waals surface area contributed by atoms with Crippen LogP contribution >= 0.6 is 0 Å². The molecule has 98 valence electrons. The van der Waals surface area contributed by atoms with Crippen molar-refractivity contribution in [2.45, 2.75) is 13.8 Å². The van der Waals surface area contributed by atoms with Crippen molar-refractivity contribution < 1.29 is 9.13 Å². The Morgan fingerprint density at radius 1 is 1.15 bits per heavy atom. The molecule has 0 aliphatic carbocycles. The molecule has 6 heteroatoms. The smallest absolute Gasteiger partial charge is 0.257 e. The van der Waals surface area contributed by atoms with Crippen LogP contribution < -0.4 is 4.74 Å². The van der Waals surface area contributed by atoms with Crippen LogP contribution in [0.4, 0.5) is 4.39 Å². The number of ether oxygens (including phenoxy) is 1. The fourth-order valence-electron chi connectivity index (χ4n) is 1.55. The highest BCUT2D eigenvalue weighted by molar-refractivity contribution is 5.47. The minimum atomic E-state index is -0.694. The van der Waals surface area contributed by atoms with Gasteiger partial charge < -0.3 is 4.74 Å². The Hall–Kier alpha value is -2.99. The summed E-state index contributed by atoms with van der Waals surface area (Å²) in [6.07, 6.45) is 0. The van der Waals surface area contributed by atoms with Gasteiger partial charge in [0.25, 0.3) is 5.88 Å². The van der Waals surface area contributed by atoms with Gasteiger partial charge in [-0.3, -0.25) is 0 Å². The van der Waals surface area contributed by atoms with E-state index in [0.717, 1.165) is 6.07 Å². The maximum atomic E-state index is 13.5. The standard InChI is InChI=1S/C14H9FN4O/c1-8-9(2)18-19-14(12(8)7-17)20-11-4-3-10(6-16)13(15)5-11/h3-5H,1-2H3. The summed E-state index contributed by atoms with van der Waals surface area (Å²) in [6, 6.07) is 7.50. The Labute approximate surface area is 114 Å². The third kappa shape index (κ3) is 2.40. The number of nitrogens with zero attached hydrogens (tertiary/aromatic N) is 4. The van der Waals surface area contributed by atoms with Crippen molar-refractivity contribution in [3.05, 3.63) is 46.4 Å².